The molecule has 0 aromatic carbocycles. The van der Waals surface area contributed by atoms with Gasteiger partial charge in [-0.15, -0.1) is 0 Å². The molecule has 4 rings (SSSR count). The fourth-order valence-electron chi connectivity index (χ4n) is 2.83. The molecule has 5 nitrogen and oxygen atoms in total. The number of fused-ring (bicyclic) bond motifs is 1. The molecule has 1 aliphatic carbocycles. The number of hydrogen-bond donors (Lipinski definition) is 0. The Kier molecular flexibility index (Phi) is 2.05. The summed E-state index contributed by atoms with van der Waals surface area (Å²) >= 11 is 0. The van der Waals surface area contributed by atoms with E-state index >= 15 is 0 Å². The molecule has 2 aliphatic rings. The average Bonchev–Trinajstić information content (AvgIpc) is 3.09. The summed E-state index contributed by atoms with van der Waals surface area (Å²) in [6.45, 7) is 3.83. The summed E-state index contributed by atoms with van der Waals surface area (Å²) in [5.74, 6) is 0.0789. The first-order chi connectivity index (χ1) is 9.21. The molecular weight excluding hydrogens is 242 g/mol. The highest BCUT2D eigenvalue weighted by Crippen LogP contribution is 2.53. The Hall–Kier alpha value is -1.91. The molecule has 2 aromatic heterocycles. The maximum Gasteiger partial charge on any atom is 0.257 e. The quantitative estimate of drug-likeness (QED) is 0.825. The minimum atomic E-state index is 0.0789. The minimum Gasteiger partial charge on any atom is -0.337 e. The van der Waals surface area contributed by atoms with Gasteiger partial charge in [0.25, 0.3) is 11.6 Å². The molecule has 0 N–H and O–H groups in total. The van der Waals surface area contributed by atoms with Gasteiger partial charge in [0.1, 0.15) is 0 Å². The van der Waals surface area contributed by atoms with Gasteiger partial charge < -0.3 is 9.42 Å². The van der Waals surface area contributed by atoms with Crippen LogP contribution in [-0.4, -0.2) is 34.0 Å². The lowest BCUT2D eigenvalue weighted by atomic mass is 9.96. The number of carbonyl (C=O) groups excluding carboxylic acids is 1. The summed E-state index contributed by atoms with van der Waals surface area (Å²) in [4.78, 5) is 18.4. The molecule has 2 fully saturated rings. The van der Waals surface area contributed by atoms with E-state index in [0.717, 1.165) is 30.6 Å². The molecule has 98 valence electrons. The van der Waals surface area contributed by atoms with E-state index in [-0.39, 0.29) is 5.91 Å². The van der Waals surface area contributed by atoms with E-state index in [1.54, 1.807) is 6.20 Å². The summed E-state index contributed by atoms with van der Waals surface area (Å²) in [5.41, 5.74) is 2.50. The number of amides is 1. The number of aryl methyl sites for hydroxylation is 1. The van der Waals surface area contributed by atoms with Gasteiger partial charge >= 0.3 is 0 Å². The molecule has 0 atom stereocenters. The topological polar surface area (TPSA) is 59.2 Å². The summed E-state index contributed by atoms with van der Waals surface area (Å²) in [7, 11) is 0. The number of likely N-dealkylation sites (tertiary alicyclic amines) is 1. The highest BCUT2D eigenvalue weighted by molar-refractivity contribution is 5.97. The van der Waals surface area contributed by atoms with Crippen LogP contribution < -0.4 is 0 Å². The van der Waals surface area contributed by atoms with Crippen LogP contribution in [0.25, 0.3) is 11.1 Å². The van der Waals surface area contributed by atoms with Crippen molar-refractivity contribution in [3.63, 3.8) is 0 Å². The van der Waals surface area contributed by atoms with Gasteiger partial charge in [0.2, 0.25) is 0 Å². The second-order valence-corrected chi connectivity index (χ2v) is 5.72. The lowest BCUT2D eigenvalue weighted by molar-refractivity contribution is 0.0443. The van der Waals surface area contributed by atoms with Gasteiger partial charge in [-0.25, -0.2) is 4.98 Å². The second-order valence-electron chi connectivity index (χ2n) is 5.72. The van der Waals surface area contributed by atoms with Crippen molar-refractivity contribution in [3.05, 3.63) is 23.5 Å². The molecular formula is C14H15N3O2. The van der Waals surface area contributed by atoms with Gasteiger partial charge in [-0.1, -0.05) is 12.1 Å². The zero-order chi connectivity index (χ0) is 13.0. The Labute approximate surface area is 110 Å². The van der Waals surface area contributed by atoms with Gasteiger partial charge in [0, 0.05) is 24.7 Å². The Bertz CT molecular complexity index is 664. The molecule has 0 unspecified atom stereocenters. The van der Waals surface area contributed by atoms with Gasteiger partial charge in [-0.2, -0.15) is 0 Å². The number of nitrogens with zero attached hydrogens (tertiary/aromatic N) is 3. The van der Waals surface area contributed by atoms with Gasteiger partial charge in [0.05, 0.1) is 16.6 Å². The smallest absolute Gasteiger partial charge is 0.257 e. The fourth-order valence-corrected chi connectivity index (χ4v) is 2.83. The zero-order valence-corrected chi connectivity index (χ0v) is 10.8. The van der Waals surface area contributed by atoms with Crippen molar-refractivity contribution >= 4 is 17.0 Å². The number of carbonyl (C=O) groups is 1. The van der Waals surface area contributed by atoms with Gasteiger partial charge in [-0.05, 0) is 25.3 Å². The monoisotopic (exact) mass is 257 g/mol. The summed E-state index contributed by atoms with van der Waals surface area (Å²) < 4.78 is 5.13. The van der Waals surface area contributed by atoms with E-state index in [9.17, 15) is 4.79 Å². The van der Waals surface area contributed by atoms with Crippen LogP contribution in [0.3, 0.4) is 0 Å². The van der Waals surface area contributed by atoms with Crippen LogP contribution in [0, 0.1) is 5.41 Å². The molecule has 2 aromatic rings. The number of hydrogen-bond acceptors (Lipinski definition) is 4. The van der Waals surface area contributed by atoms with Crippen LogP contribution in [0.15, 0.2) is 16.8 Å². The first-order valence-electron chi connectivity index (χ1n) is 6.74. The van der Waals surface area contributed by atoms with Crippen molar-refractivity contribution in [3.8, 4) is 0 Å². The zero-order valence-electron chi connectivity index (χ0n) is 10.8. The van der Waals surface area contributed by atoms with E-state index in [1.165, 1.54) is 12.8 Å². The molecule has 0 bridgehead atoms. The van der Waals surface area contributed by atoms with Crippen LogP contribution in [-0.2, 0) is 6.42 Å². The molecule has 1 spiro atoms. The van der Waals surface area contributed by atoms with E-state index in [2.05, 4.69) is 10.1 Å². The molecule has 19 heavy (non-hydrogen) atoms. The third-order valence-electron chi connectivity index (χ3n) is 4.28. The first kappa shape index (κ1) is 11.0. The van der Waals surface area contributed by atoms with E-state index < -0.39 is 0 Å². The molecule has 1 aliphatic heterocycles. The van der Waals surface area contributed by atoms with Crippen LogP contribution in [0.5, 0.6) is 0 Å². The molecule has 0 radical (unpaired) electrons. The van der Waals surface area contributed by atoms with Crippen molar-refractivity contribution in [2.45, 2.75) is 26.2 Å². The third kappa shape index (κ3) is 1.57. The Morgan fingerprint density at radius 3 is 2.95 bits per heavy atom. The van der Waals surface area contributed by atoms with Crippen molar-refractivity contribution in [2.24, 2.45) is 5.41 Å². The van der Waals surface area contributed by atoms with Crippen LogP contribution in [0.2, 0.25) is 0 Å². The van der Waals surface area contributed by atoms with E-state index in [1.807, 2.05) is 17.9 Å². The minimum absolute atomic E-state index is 0.0789. The lowest BCUT2D eigenvalue weighted by Gasteiger charge is -2.39. The lowest BCUT2D eigenvalue weighted by Crippen LogP contribution is -2.51. The van der Waals surface area contributed by atoms with Crippen molar-refractivity contribution < 1.29 is 9.32 Å². The maximum atomic E-state index is 12.3. The SMILES string of the molecule is CCc1noc2ncc(C(=O)N3CC4(CC4)C3)cc12. The normalized spacial score (nSPS) is 19.7. The Morgan fingerprint density at radius 2 is 2.26 bits per heavy atom. The third-order valence-corrected chi connectivity index (χ3v) is 4.28. The maximum absolute atomic E-state index is 12.3. The number of rotatable bonds is 2. The molecule has 3 heterocycles. The summed E-state index contributed by atoms with van der Waals surface area (Å²) in [6, 6.07) is 1.86. The van der Waals surface area contributed by atoms with Gasteiger partial charge in [0.15, 0.2) is 0 Å². The van der Waals surface area contributed by atoms with Crippen LogP contribution in [0.1, 0.15) is 35.8 Å². The highest BCUT2D eigenvalue weighted by Gasteiger charge is 2.53. The van der Waals surface area contributed by atoms with Crippen molar-refractivity contribution in [1.29, 1.82) is 0 Å². The highest BCUT2D eigenvalue weighted by atomic mass is 16.5. The van der Waals surface area contributed by atoms with Crippen molar-refractivity contribution in [1.82, 2.24) is 15.0 Å². The molecule has 1 saturated heterocycles. The number of aromatic nitrogens is 2. The Balaban J connectivity index is 1.64. The Morgan fingerprint density at radius 1 is 1.47 bits per heavy atom. The predicted molar refractivity (Wildman–Crippen MR) is 68.8 cm³/mol. The standard InChI is InChI=1S/C14H15N3O2/c1-2-11-10-5-9(6-15-12(10)19-16-11)13(18)17-7-14(8-17)3-4-14/h5-6H,2-4,7-8H2,1H3. The molecule has 1 amide bonds. The second kappa shape index (κ2) is 3.56. The number of pyridine rings is 1. The average molecular weight is 257 g/mol. The van der Waals surface area contributed by atoms with Gasteiger partial charge in [-0.3, -0.25) is 4.79 Å². The van der Waals surface area contributed by atoms with Crippen molar-refractivity contribution in [2.75, 3.05) is 13.1 Å². The predicted octanol–water partition coefficient (Wildman–Crippen LogP) is 2.02. The van der Waals surface area contributed by atoms with Crippen LogP contribution in [0.4, 0.5) is 0 Å². The van der Waals surface area contributed by atoms with E-state index in [0.29, 0.717) is 16.7 Å². The largest absolute Gasteiger partial charge is 0.337 e. The molecule has 5 heteroatoms. The van der Waals surface area contributed by atoms with E-state index in [4.69, 9.17) is 4.52 Å². The summed E-state index contributed by atoms with van der Waals surface area (Å²) in [5, 5.41) is 4.82. The molecule has 1 saturated carbocycles. The fraction of sp³-hybridized carbons (Fsp3) is 0.500. The van der Waals surface area contributed by atoms with Crippen LogP contribution >= 0.6 is 0 Å². The first-order valence-corrected chi connectivity index (χ1v) is 6.74. The summed E-state index contributed by atoms with van der Waals surface area (Å²) in [6.07, 6.45) is 4.92.